The van der Waals surface area contributed by atoms with Crippen molar-refractivity contribution in [2.24, 2.45) is 5.92 Å². The van der Waals surface area contributed by atoms with Crippen LogP contribution in [0.5, 0.6) is 0 Å². The Morgan fingerprint density at radius 2 is 1.62 bits per heavy atom. The molecule has 0 heterocycles. The quantitative estimate of drug-likeness (QED) is 0.634. The number of ether oxygens (including phenoxy) is 1. The minimum absolute atomic E-state index is 0.0247. The van der Waals surface area contributed by atoms with Crippen LogP contribution < -0.4 is 0 Å². The van der Waals surface area contributed by atoms with Gasteiger partial charge >= 0.3 is 0 Å². The lowest BCUT2D eigenvalue weighted by atomic mass is 9.85. The number of hydrogen-bond donors (Lipinski definition) is 0. The molecule has 1 heteroatoms. The van der Waals surface area contributed by atoms with Gasteiger partial charge in [0.1, 0.15) is 0 Å². The van der Waals surface area contributed by atoms with E-state index in [-0.39, 0.29) is 5.60 Å². The van der Waals surface area contributed by atoms with Crippen molar-refractivity contribution >= 4 is 0 Å². The zero-order chi connectivity index (χ0) is 9.90. The fraction of sp³-hybridized carbons (Fsp3) is 1.00. The van der Waals surface area contributed by atoms with Gasteiger partial charge in [-0.25, -0.2) is 0 Å². The van der Waals surface area contributed by atoms with Crippen molar-refractivity contribution in [1.82, 2.24) is 0 Å². The van der Waals surface area contributed by atoms with Gasteiger partial charge in [0.25, 0.3) is 0 Å². The van der Waals surface area contributed by atoms with Crippen LogP contribution in [0.2, 0.25) is 0 Å². The van der Waals surface area contributed by atoms with Crippen molar-refractivity contribution in [2.45, 2.75) is 71.5 Å². The maximum absolute atomic E-state index is 5.98. The molecule has 1 atom stereocenters. The van der Waals surface area contributed by atoms with Crippen LogP contribution in [0, 0.1) is 5.92 Å². The normalized spacial score (nSPS) is 23.1. The molecule has 0 saturated heterocycles. The zero-order valence-corrected chi connectivity index (χ0v) is 9.60. The van der Waals surface area contributed by atoms with E-state index in [1.165, 1.54) is 32.1 Å². The third-order valence-corrected chi connectivity index (χ3v) is 2.85. The van der Waals surface area contributed by atoms with Gasteiger partial charge in [-0.3, -0.25) is 0 Å². The van der Waals surface area contributed by atoms with E-state index >= 15 is 0 Å². The summed E-state index contributed by atoms with van der Waals surface area (Å²) in [6, 6.07) is 0. The predicted molar refractivity (Wildman–Crippen MR) is 56.9 cm³/mol. The van der Waals surface area contributed by atoms with Gasteiger partial charge in [0, 0.05) is 0 Å². The zero-order valence-electron chi connectivity index (χ0n) is 9.60. The fourth-order valence-electron chi connectivity index (χ4n) is 2.26. The molecule has 1 aliphatic carbocycles. The molecule has 1 unspecified atom stereocenters. The second kappa shape index (κ2) is 4.45. The minimum Gasteiger partial charge on any atom is -0.373 e. The smallest absolute Gasteiger partial charge is 0.0602 e. The molecule has 0 aromatic rings. The van der Waals surface area contributed by atoms with Crippen LogP contribution in [0.1, 0.15) is 59.8 Å². The molecule has 78 valence electrons. The molecule has 1 nitrogen and oxygen atoms in total. The summed E-state index contributed by atoms with van der Waals surface area (Å²) in [5.74, 6) is 0.813. The largest absolute Gasteiger partial charge is 0.373 e. The van der Waals surface area contributed by atoms with Gasteiger partial charge in [-0.1, -0.05) is 19.3 Å². The van der Waals surface area contributed by atoms with Gasteiger partial charge in [0.2, 0.25) is 0 Å². The molecule has 0 radical (unpaired) electrons. The summed E-state index contributed by atoms with van der Waals surface area (Å²) >= 11 is 0. The van der Waals surface area contributed by atoms with E-state index in [1.54, 1.807) is 0 Å². The van der Waals surface area contributed by atoms with Crippen LogP contribution in [0.15, 0.2) is 0 Å². The van der Waals surface area contributed by atoms with E-state index in [0.29, 0.717) is 6.10 Å². The van der Waals surface area contributed by atoms with E-state index < -0.39 is 0 Å². The van der Waals surface area contributed by atoms with Crippen molar-refractivity contribution in [1.29, 1.82) is 0 Å². The van der Waals surface area contributed by atoms with Crippen molar-refractivity contribution in [2.75, 3.05) is 0 Å². The van der Waals surface area contributed by atoms with Crippen LogP contribution in [0.25, 0.3) is 0 Å². The molecule has 0 aliphatic heterocycles. The summed E-state index contributed by atoms with van der Waals surface area (Å²) in [4.78, 5) is 0. The third kappa shape index (κ3) is 4.12. The van der Waals surface area contributed by atoms with E-state index in [9.17, 15) is 0 Å². The van der Waals surface area contributed by atoms with E-state index in [4.69, 9.17) is 4.74 Å². The van der Waals surface area contributed by atoms with Crippen LogP contribution >= 0.6 is 0 Å². The molecule has 0 spiro atoms. The van der Waals surface area contributed by atoms with Crippen LogP contribution in [0.4, 0.5) is 0 Å². The lowest BCUT2D eigenvalue weighted by molar-refractivity contribution is -0.0817. The highest BCUT2D eigenvalue weighted by Crippen LogP contribution is 2.29. The average Bonchev–Trinajstić information content (AvgIpc) is 2.03. The van der Waals surface area contributed by atoms with Gasteiger partial charge in [-0.05, 0) is 46.5 Å². The standard InChI is InChI=1S/C12H24O/c1-10(13-12(2,3)4)11-8-6-5-7-9-11/h10-11H,5-9H2,1-4H3. The molecule has 1 fully saturated rings. The highest BCUT2D eigenvalue weighted by atomic mass is 16.5. The summed E-state index contributed by atoms with van der Waals surface area (Å²) in [5.41, 5.74) is 0.0247. The Morgan fingerprint density at radius 1 is 1.08 bits per heavy atom. The Morgan fingerprint density at radius 3 is 2.08 bits per heavy atom. The van der Waals surface area contributed by atoms with Gasteiger partial charge in [0.15, 0.2) is 0 Å². The second-order valence-corrected chi connectivity index (χ2v) is 5.33. The Hall–Kier alpha value is -0.0400. The first-order valence-electron chi connectivity index (χ1n) is 5.67. The predicted octanol–water partition coefficient (Wildman–Crippen LogP) is 3.77. The van der Waals surface area contributed by atoms with Crippen LogP contribution in [-0.2, 0) is 4.74 Å². The fourth-order valence-corrected chi connectivity index (χ4v) is 2.26. The lowest BCUT2D eigenvalue weighted by Crippen LogP contribution is -2.31. The number of rotatable bonds is 2. The van der Waals surface area contributed by atoms with Crippen molar-refractivity contribution in [3.05, 3.63) is 0 Å². The Bertz CT molecular complexity index is 140. The first-order valence-corrected chi connectivity index (χ1v) is 5.67. The maximum Gasteiger partial charge on any atom is 0.0602 e. The lowest BCUT2D eigenvalue weighted by Gasteiger charge is -2.32. The van der Waals surface area contributed by atoms with E-state index in [1.807, 2.05) is 0 Å². The molecular weight excluding hydrogens is 160 g/mol. The Balaban J connectivity index is 2.33. The summed E-state index contributed by atoms with van der Waals surface area (Å²) in [5, 5.41) is 0. The molecular formula is C12H24O. The van der Waals surface area contributed by atoms with Crippen molar-refractivity contribution < 1.29 is 4.74 Å². The van der Waals surface area contributed by atoms with Crippen LogP contribution in [0.3, 0.4) is 0 Å². The van der Waals surface area contributed by atoms with E-state index in [0.717, 1.165) is 5.92 Å². The first-order chi connectivity index (χ1) is 5.99. The monoisotopic (exact) mass is 184 g/mol. The first kappa shape index (κ1) is 11.0. The highest BCUT2D eigenvalue weighted by molar-refractivity contribution is 4.74. The SMILES string of the molecule is CC(OC(C)(C)C)C1CCCCC1. The van der Waals surface area contributed by atoms with Gasteiger partial charge in [-0.15, -0.1) is 0 Å². The minimum atomic E-state index is 0.0247. The molecule has 1 aliphatic rings. The third-order valence-electron chi connectivity index (χ3n) is 2.85. The molecule has 1 rings (SSSR count). The summed E-state index contributed by atoms with van der Waals surface area (Å²) in [6.45, 7) is 8.67. The molecule has 0 aromatic carbocycles. The maximum atomic E-state index is 5.98. The number of hydrogen-bond acceptors (Lipinski definition) is 1. The van der Waals surface area contributed by atoms with Gasteiger partial charge in [0.05, 0.1) is 11.7 Å². The Kier molecular flexibility index (Phi) is 3.78. The van der Waals surface area contributed by atoms with Crippen molar-refractivity contribution in [3.63, 3.8) is 0 Å². The molecule has 13 heavy (non-hydrogen) atoms. The molecule has 0 aromatic heterocycles. The van der Waals surface area contributed by atoms with Gasteiger partial charge < -0.3 is 4.74 Å². The molecule has 0 amide bonds. The topological polar surface area (TPSA) is 9.23 Å². The summed E-state index contributed by atoms with van der Waals surface area (Å²) < 4.78 is 5.98. The summed E-state index contributed by atoms with van der Waals surface area (Å²) in [7, 11) is 0. The van der Waals surface area contributed by atoms with Gasteiger partial charge in [-0.2, -0.15) is 0 Å². The molecule has 0 bridgehead atoms. The highest BCUT2D eigenvalue weighted by Gasteiger charge is 2.24. The molecule has 1 saturated carbocycles. The Labute approximate surface area is 82.9 Å². The van der Waals surface area contributed by atoms with E-state index in [2.05, 4.69) is 27.7 Å². The van der Waals surface area contributed by atoms with Crippen LogP contribution in [-0.4, -0.2) is 11.7 Å². The van der Waals surface area contributed by atoms with Crippen molar-refractivity contribution in [3.8, 4) is 0 Å². The molecule has 0 N–H and O–H groups in total. The summed E-state index contributed by atoms with van der Waals surface area (Å²) in [6.07, 6.45) is 7.43. The second-order valence-electron chi connectivity index (χ2n) is 5.33. The average molecular weight is 184 g/mol.